The summed E-state index contributed by atoms with van der Waals surface area (Å²) in [5, 5.41) is 11.6. The molecule has 2 aromatic heterocycles. The van der Waals surface area contributed by atoms with Gasteiger partial charge in [0.2, 0.25) is 0 Å². The molecule has 3 N–H and O–H groups in total. The molecule has 0 bridgehead atoms. The molecule has 2 heterocycles. The number of amides is 1. The maximum absolute atomic E-state index is 13.6. The van der Waals surface area contributed by atoms with Crippen LogP contribution in [0.4, 0.5) is 18.9 Å². The molecular weight excluding hydrogens is 481 g/mol. The first kappa shape index (κ1) is 25.2. The SMILES string of the molecule is Cc1ccc(NC(=O)c2cc(-n3cnc(C#N)c3)cc(C(F)(F)F)c2)cc1C#Cc1ccc(CN)nc1. The molecule has 0 aliphatic heterocycles. The van der Waals surface area contributed by atoms with Crippen LogP contribution in [0.5, 0.6) is 0 Å². The number of nitrogens with zero attached hydrogens (tertiary/aromatic N) is 4. The second-order valence-electron chi connectivity index (χ2n) is 8.02. The fourth-order valence-corrected chi connectivity index (χ4v) is 3.37. The van der Waals surface area contributed by atoms with Gasteiger partial charge in [-0.1, -0.05) is 17.9 Å². The van der Waals surface area contributed by atoms with Gasteiger partial charge in [-0.3, -0.25) is 9.78 Å². The number of hydrogen-bond donors (Lipinski definition) is 2. The van der Waals surface area contributed by atoms with E-state index in [0.29, 0.717) is 23.4 Å². The molecule has 0 radical (unpaired) electrons. The first-order valence-corrected chi connectivity index (χ1v) is 10.9. The van der Waals surface area contributed by atoms with Crippen LogP contribution in [0.3, 0.4) is 0 Å². The van der Waals surface area contributed by atoms with Gasteiger partial charge in [0.1, 0.15) is 12.4 Å². The maximum Gasteiger partial charge on any atom is 0.416 e. The van der Waals surface area contributed by atoms with Crippen molar-refractivity contribution in [3.8, 4) is 23.6 Å². The van der Waals surface area contributed by atoms with Crippen LogP contribution in [-0.4, -0.2) is 20.4 Å². The summed E-state index contributed by atoms with van der Waals surface area (Å²) in [5.74, 6) is 5.29. The molecule has 0 aliphatic rings. The lowest BCUT2D eigenvalue weighted by molar-refractivity contribution is -0.137. The summed E-state index contributed by atoms with van der Waals surface area (Å²) >= 11 is 0. The standard InChI is InChI=1S/C27H19F3N6O/c1-17-2-6-22(9-19(17)5-3-18-4-7-23(12-31)33-14-18)35-26(37)20-8-21(27(28,29)30)11-25(10-20)36-15-24(13-32)34-16-36/h2,4,6-11,14-16H,12,31H2,1H3,(H,35,37). The van der Waals surface area contributed by atoms with Crippen LogP contribution < -0.4 is 11.1 Å². The monoisotopic (exact) mass is 500 g/mol. The number of nitrogens with two attached hydrogens (primary N) is 1. The van der Waals surface area contributed by atoms with Gasteiger partial charge in [-0.05, 0) is 55.0 Å². The van der Waals surface area contributed by atoms with Crippen LogP contribution >= 0.6 is 0 Å². The quantitative estimate of drug-likeness (QED) is 0.399. The number of hydrogen-bond acceptors (Lipinski definition) is 5. The van der Waals surface area contributed by atoms with E-state index < -0.39 is 17.6 Å². The van der Waals surface area contributed by atoms with E-state index in [4.69, 9.17) is 11.0 Å². The number of imidazole rings is 1. The predicted octanol–water partition coefficient (Wildman–Crippen LogP) is 4.58. The van der Waals surface area contributed by atoms with Gasteiger partial charge < -0.3 is 15.6 Å². The lowest BCUT2D eigenvalue weighted by atomic mass is 10.1. The molecule has 2 aromatic carbocycles. The normalized spacial score (nSPS) is 10.8. The molecule has 0 fully saturated rings. The second kappa shape index (κ2) is 10.4. The van der Waals surface area contributed by atoms with Gasteiger partial charge in [0.25, 0.3) is 5.91 Å². The average Bonchev–Trinajstić information content (AvgIpc) is 3.38. The number of nitriles is 1. The van der Waals surface area contributed by atoms with Crippen molar-refractivity contribution >= 4 is 11.6 Å². The van der Waals surface area contributed by atoms with Crippen molar-refractivity contribution in [1.82, 2.24) is 14.5 Å². The van der Waals surface area contributed by atoms with E-state index in [1.165, 1.54) is 23.2 Å². The number of alkyl halides is 3. The van der Waals surface area contributed by atoms with Crippen molar-refractivity contribution in [3.63, 3.8) is 0 Å². The molecule has 4 aromatic rings. The molecule has 37 heavy (non-hydrogen) atoms. The second-order valence-corrected chi connectivity index (χ2v) is 8.02. The molecule has 0 unspecified atom stereocenters. The summed E-state index contributed by atoms with van der Waals surface area (Å²) in [6, 6.07) is 13.4. The Kier molecular flexibility index (Phi) is 7.05. The van der Waals surface area contributed by atoms with E-state index in [9.17, 15) is 18.0 Å². The number of rotatable bonds is 4. The van der Waals surface area contributed by atoms with Crippen LogP contribution in [0.1, 0.15) is 44.0 Å². The highest BCUT2D eigenvalue weighted by Gasteiger charge is 2.32. The number of carbonyl (C=O) groups is 1. The van der Waals surface area contributed by atoms with E-state index >= 15 is 0 Å². The number of carbonyl (C=O) groups excluding carboxylic acids is 1. The van der Waals surface area contributed by atoms with Crippen LogP contribution in [0.25, 0.3) is 5.69 Å². The van der Waals surface area contributed by atoms with E-state index in [1.54, 1.807) is 36.5 Å². The molecule has 4 rings (SSSR count). The van der Waals surface area contributed by atoms with E-state index in [1.807, 2.05) is 13.0 Å². The van der Waals surface area contributed by atoms with Gasteiger partial charge >= 0.3 is 6.18 Å². The number of benzene rings is 2. The van der Waals surface area contributed by atoms with Crippen molar-refractivity contribution in [2.24, 2.45) is 5.73 Å². The number of aryl methyl sites for hydroxylation is 1. The van der Waals surface area contributed by atoms with E-state index in [2.05, 4.69) is 27.1 Å². The van der Waals surface area contributed by atoms with Gasteiger partial charge in [0, 0.05) is 47.0 Å². The zero-order valence-electron chi connectivity index (χ0n) is 19.5. The van der Waals surface area contributed by atoms with E-state index in [-0.39, 0.29) is 16.9 Å². The Morgan fingerprint density at radius 3 is 2.57 bits per heavy atom. The lowest BCUT2D eigenvalue weighted by Crippen LogP contribution is -2.15. The van der Waals surface area contributed by atoms with Crippen molar-refractivity contribution in [2.75, 3.05) is 5.32 Å². The van der Waals surface area contributed by atoms with Crippen LogP contribution in [0.2, 0.25) is 0 Å². The first-order valence-electron chi connectivity index (χ1n) is 10.9. The summed E-state index contributed by atoms with van der Waals surface area (Å²) in [5.41, 5.74) is 7.68. The summed E-state index contributed by atoms with van der Waals surface area (Å²) in [6.45, 7) is 2.18. The Morgan fingerprint density at radius 1 is 1.11 bits per heavy atom. The highest BCUT2D eigenvalue weighted by molar-refractivity contribution is 6.04. The van der Waals surface area contributed by atoms with Crippen LogP contribution in [0.15, 0.2) is 67.3 Å². The third-order valence-electron chi connectivity index (χ3n) is 5.37. The maximum atomic E-state index is 13.6. The minimum atomic E-state index is -4.69. The fourth-order valence-electron chi connectivity index (χ4n) is 3.37. The summed E-state index contributed by atoms with van der Waals surface area (Å²) < 4.78 is 41.9. The van der Waals surface area contributed by atoms with Gasteiger partial charge in [-0.15, -0.1) is 0 Å². The molecule has 0 spiro atoms. The van der Waals surface area contributed by atoms with E-state index in [0.717, 1.165) is 23.4 Å². The van der Waals surface area contributed by atoms with Gasteiger partial charge in [0.15, 0.2) is 5.69 Å². The largest absolute Gasteiger partial charge is 0.416 e. The van der Waals surface area contributed by atoms with Crippen molar-refractivity contribution < 1.29 is 18.0 Å². The summed E-state index contributed by atoms with van der Waals surface area (Å²) in [6.07, 6.45) is -0.588. The Morgan fingerprint density at radius 2 is 1.92 bits per heavy atom. The molecule has 7 nitrogen and oxygen atoms in total. The average molecular weight is 500 g/mol. The third kappa shape index (κ3) is 6.01. The molecule has 0 atom stereocenters. The minimum Gasteiger partial charge on any atom is -0.325 e. The van der Waals surface area contributed by atoms with Gasteiger partial charge in [-0.2, -0.15) is 18.4 Å². The zero-order valence-corrected chi connectivity index (χ0v) is 19.5. The summed E-state index contributed by atoms with van der Waals surface area (Å²) in [4.78, 5) is 21.0. The zero-order chi connectivity index (χ0) is 26.6. The molecular formula is C27H19F3N6O. The first-order chi connectivity index (χ1) is 17.7. The molecule has 0 saturated heterocycles. The molecule has 184 valence electrons. The Hall–Kier alpha value is -4.93. The van der Waals surface area contributed by atoms with Crippen LogP contribution in [0, 0.1) is 30.1 Å². The smallest absolute Gasteiger partial charge is 0.325 e. The number of pyridine rings is 1. The predicted molar refractivity (Wildman–Crippen MR) is 131 cm³/mol. The molecule has 1 amide bonds. The highest BCUT2D eigenvalue weighted by Crippen LogP contribution is 2.32. The minimum absolute atomic E-state index is 0.0304. The number of aromatic nitrogens is 3. The number of nitrogens with one attached hydrogen (secondary N) is 1. The number of anilines is 1. The van der Waals surface area contributed by atoms with Crippen LogP contribution in [-0.2, 0) is 12.7 Å². The van der Waals surface area contributed by atoms with Crippen molar-refractivity contribution in [2.45, 2.75) is 19.6 Å². The summed E-state index contributed by atoms with van der Waals surface area (Å²) in [7, 11) is 0. The van der Waals surface area contributed by atoms with Gasteiger partial charge in [-0.25, -0.2) is 4.98 Å². The Balaban J connectivity index is 1.62. The lowest BCUT2D eigenvalue weighted by Gasteiger charge is -2.13. The Bertz CT molecular complexity index is 1570. The molecule has 0 aliphatic carbocycles. The van der Waals surface area contributed by atoms with Crippen molar-refractivity contribution in [3.05, 3.63) is 106 Å². The third-order valence-corrected chi connectivity index (χ3v) is 5.37. The van der Waals surface area contributed by atoms with Crippen molar-refractivity contribution in [1.29, 1.82) is 5.26 Å². The molecule has 0 saturated carbocycles. The highest BCUT2D eigenvalue weighted by atomic mass is 19.4. The molecule has 10 heteroatoms. The number of halogens is 3. The topological polar surface area (TPSA) is 110 Å². The fraction of sp³-hybridized carbons (Fsp3) is 0.111. The Labute approximate surface area is 210 Å². The van der Waals surface area contributed by atoms with Gasteiger partial charge in [0.05, 0.1) is 11.3 Å².